The standard InChI is InChI=1S/C26H31N3O4S/c1-20-24(19-34(31,32)23-9-4-2-5-10-23)28-26(33-20)22-13-11-21(12-14-22)25(30)27-15-8-18-29-16-6-3-7-17-29/h2,4-5,9-14H,3,6-8,15-19H2,1H3,(H,27,30). The summed E-state index contributed by atoms with van der Waals surface area (Å²) in [5.74, 6) is 0.460. The average Bonchev–Trinajstić information content (AvgIpc) is 3.22. The van der Waals surface area contributed by atoms with Crippen molar-refractivity contribution in [1.82, 2.24) is 15.2 Å². The molecule has 180 valence electrons. The molecule has 0 radical (unpaired) electrons. The van der Waals surface area contributed by atoms with Crippen LogP contribution < -0.4 is 5.32 Å². The molecule has 3 aromatic rings. The fourth-order valence-corrected chi connectivity index (χ4v) is 5.50. The van der Waals surface area contributed by atoms with Gasteiger partial charge in [0.1, 0.15) is 11.5 Å². The van der Waals surface area contributed by atoms with Gasteiger partial charge in [0.05, 0.1) is 10.6 Å². The summed E-state index contributed by atoms with van der Waals surface area (Å²) in [6.45, 7) is 5.70. The van der Waals surface area contributed by atoms with Crippen LogP contribution in [0.1, 0.15) is 47.5 Å². The molecule has 0 saturated carbocycles. The first-order valence-corrected chi connectivity index (χ1v) is 13.4. The Balaban J connectivity index is 1.34. The number of rotatable bonds is 9. The summed E-state index contributed by atoms with van der Waals surface area (Å²) < 4.78 is 31.1. The minimum absolute atomic E-state index is 0.108. The van der Waals surface area contributed by atoms with Crippen LogP contribution in [0.2, 0.25) is 0 Å². The van der Waals surface area contributed by atoms with Crippen molar-refractivity contribution in [2.45, 2.75) is 43.3 Å². The summed E-state index contributed by atoms with van der Waals surface area (Å²) in [6, 6.07) is 15.3. The molecular weight excluding hydrogens is 450 g/mol. The Hall–Kier alpha value is -2.97. The number of oxazole rings is 1. The van der Waals surface area contributed by atoms with Crippen LogP contribution in [0.25, 0.3) is 11.5 Å². The van der Waals surface area contributed by atoms with E-state index in [9.17, 15) is 13.2 Å². The van der Waals surface area contributed by atoms with Gasteiger partial charge in [-0.2, -0.15) is 0 Å². The highest BCUT2D eigenvalue weighted by atomic mass is 32.2. The molecule has 34 heavy (non-hydrogen) atoms. The molecule has 1 aliphatic heterocycles. The topological polar surface area (TPSA) is 92.5 Å². The van der Waals surface area contributed by atoms with Crippen molar-refractivity contribution < 1.29 is 17.6 Å². The molecule has 1 aliphatic rings. The van der Waals surface area contributed by atoms with Gasteiger partial charge in [0.2, 0.25) is 5.89 Å². The first-order valence-electron chi connectivity index (χ1n) is 11.8. The largest absolute Gasteiger partial charge is 0.441 e. The average molecular weight is 482 g/mol. The smallest absolute Gasteiger partial charge is 0.251 e. The second kappa shape index (κ2) is 11.0. The van der Waals surface area contributed by atoms with Gasteiger partial charge in [0, 0.05) is 17.7 Å². The third-order valence-corrected chi connectivity index (χ3v) is 7.74. The lowest BCUT2D eigenvalue weighted by atomic mass is 10.1. The molecule has 2 heterocycles. The minimum atomic E-state index is -3.52. The zero-order valence-corrected chi connectivity index (χ0v) is 20.3. The number of likely N-dealkylation sites (tertiary alicyclic amines) is 1. The second-order valence-corrected chi connectivity index (χ2v) is 10.7. The maximum absolute atomic E-state index is 12.7. The van der Waals surface area contributed by atoms with Crippen molar-refractivity contribution in [3.63, 3.8) is 0 Å². The van der Waals surface area contributed by atoms with Gasteiger partial charge < -0.3 is 14.6 Å². The highest BCUT2D eigenvalue weighted by Gasteiger charge is 2.21. The Bertz CT molecular complexity index is 1200. The molecule has 0 aliphatic carbocycles. The lowest BCUT2D eigenvalue weighted by molar-refractivity contribution is 0.0951. The summed E-state index contributed by atoms with van der Waals surface area (Å²) in [5.41, 5.74) is 1.64. The maximum atomic E-state index is 12.7. The Morgan fingerprint density at radius 1 is 1.03 bits per heavy atom. The summed E-state index contributed by atoms with van der Waals surface area (Å²) in [5, 5.41) is 2.98. The Morgan fingerprint density at radius 3 is 2.44 bits per heavy atom. The number of piperidine rings is 1. The van der Waals surface area contributed by atoms with Crippen molar-refractivity contribution >= 4 is 15.7 Å². The monoisotopic (exact) mass is 481 g/mol. The summed E-state index contributed by atoms with van der Waals surface area (Å²) >= 11 is 0. The molecule has 1 aromatic heterocycles. The Labute approximate surface area is 201 Å². The molecule has 0 spiro atoms. The van der Waals surface area contributed by atoms with Crippen LogP contribution >= 0.6 is 0 Å². The summed E-state index contributed by atoms with van der Waals surface area (Å²) in [7, 11) is -3.52. The van der Waals surface area contributed by atoms with E-state index in [4.69, 9.17) is 4.42 Å². The van der Waals surface area contributed by atoms with E-state index in [1.165, 1.54) is 19.3 Å². The number of benzene rings is 2. The SMILES string of the molecule is Cc1oc(-c2ccc(C(=O)NCCCN3CCCCC3)cc2)nc1CS(=O)(=O)c1ccccc1. The molecule has 1 saturated heterocycles. The summed E-state index contributed by atoms with van der Waals surface area (Å²) in [4.78, 5) is 19.6. The van der Waals surface area contributed by atoms with Crippen LogP contribution in [-0.4, -0.2) is 50.4 Å². The number of hydrogen-bond acceptors (Lipinski definition) is 6. The van der Waals surface area contributed by atoms with E-state index in [2.05, 4.69) is 15.2 Å². The van der Waals surface area contributed by atoms with Crippen LogP contribution in [0.3, 0.4) is 0 Å². The lowest BCUT2D eigenvalue weighted by Crippen LogP contribution is -2.33. The fraction of sp³-hybridized carbons (Fsp3) is 0.385. The third kappa shape index (κ3) is 6.12. The summed E-state index contributed by atoms with van der Waals surface area (Å²) in [6.07, 6.45) is 4.80. The second-order valence-electron chi connectivity index (χ2n) is 8.68. The van der Waals surface area contributed by atoms with Gasteiger partial charge in [-0.15, -0.1) is 0 Å². The van der Waals surface area contributed by atoms with Gasteiger partial charge in [0.25, 0.3) is 5.91 Å². The number of sulfone groups is 1. The molecule has 4 rings (SSSR count). The van der Waals surface area contributed by atoms with E-state index >= 15 is 0 Å². The van der Waals surface area contributed by atoms with Gasteiger partial charge in [-0.1, -0.05) is 24.6 Å². The molecule has 0 atom stereocenters. The molecule has 8 heteroatoms. The first kappa shape index (κ1) is 24.2. The number of hydrogen-bond donors (Lipinski definition) is 1. The van der Waals surface area contributed by atoms with Gasteiger partial charge in [-0.25, -0.2) is 13.4 Å². The van der Waals surface area contributed by atoms with E-state index < -0.39 is 9.84 Å². The quantitative estimate of drug-likeness (QED) is 0.460. The zero-order chi connectivity index (χ0) is 24.0. The third-order valence-electron chi connectivity index (χ3n) is 6.10. The van der Waals surface area contributed by atoms with E-state index in [0.717, 1.165) is 26.1 Å². The number of aromatic nitrogens is 1. The predicted molar refractivity (Wildman–Crippen MR) is 131 cm³/mol. The molecule has 0 bridgehead atoms. The van der Waals surface area contributed by atoms with E-state index in [1.807, 2.05) is 0 Å². The van der Waals surface area contributed by atoms with Crippen LogP contribution in [0.15, 0.2) is 63.9 Å². The van der Waals surface area contributed by atoms with Crippen LogP contribution in [0, 0.1) is 6.92 Å². The number of carbonyl (C=O) groups excluding carboxylic acids is 1. The van der Waals surface area contributed by atoms with Gasteiger partial charge in [0.15, 0.2) is 9.84 Å². The van der Waals surface area contributed by atoms with Crippen LogP contribution in [0.5, 0.6) is 0 Å². The number of carbonyl (C=O) groups is 1. The van der Waals surface area contributed by atoms with Crippen LogP contribution in [0.4, 0.5) is 0 Å². The predicted octanol–water partition coefficient (Wildman–Crippen LogP) is 4.23. The minimum Gasteiger partial charge on any atom is -0.441 e. The van der Waals surface area contributed by atoms with Crippen molar-refractivity contribution in [2.24, 2.45) is 0 Å². The number of amides is 1. The lowest BCUT2D eigenvalue weighted by Gasteiger charge is -2.26. The number of nitrogens with one attached hydrogen (secondary N) is 1. The fourth-order valence-electron chi connectivity index (χ4n) is 4.13. The molecule has 1 fully saturated rings. The van der Waals surface area contributed by atoms with Crippen molar-refractivity contribution in [3.05, 3.63) is 71.6 Å². The normalized spacial score (nSPS) is 14.7. The van der Waals surface area contributed by atoms with Crippen molar-refractivity contribution in [1.29, 1.82) is 0 Å². The molecule has 0 unspecified atom stereocenters. The zero-order valence-electron chi connectivity index (χ0n) is 19.5. The first-order chi connectivity index (χ1) is 16.4. The van der Waals surface area contributed by atoms with Gasteiger partial charge in [-0.3, -0.25) is 4.79 Å². The Kier molecular flexibility index (Phi) is 7.80. The molecule has 1 N–H and O–H groups in total. The van der Waals surface area contributed by atoms with E-state index in [-0.39, 0.29) is 16.6 Å². The van der Waals surface area contributed by atoms with Gasteiger partial charge >= 0.3 is 0 Å². The molecule has 2 aromatic carbocycles. The molecular formula is C26H31N3O4S. The van der Waals surface area contributed by atoms with E-state index in [0.29, 0.717) is 35.0 Å². The number of nitrogens with zero attached hydrogens (tertiary/aromatic N) is 2. The number of aryl methyl sites for hydroxylation is 1. The molecule has 7 nitrogen and oxygen atoms in total. The van der Waals surface area contributed by atoms with Gasteiger partial charge in [-0.05, 0) is 82.2 Å². The van der Waals surface area contributed by atoms with E-state index in [1.54, 1.807) is 61.5 Å². The highest BCUT2D eigenvalue weighted by molar-refractivity contribution is 7.90. The van der Waals surface area contributed by atoms with Crippen molar-refractivity contribution in [2.75, 3.05) is 26.2 Å². The van der Waals surface area contributed by atoms with Crippen LogP contribution in [-0.2, 0) is 15.6 Å². The highest BCUT2D eigenvalue weighted by Crippen LogP contribution is 2.25. The Morgan fingerprint density at radius 2 is 1.74 bits per heavy atom. The molecule has 1 amide bonds. The van der Waals surface area contributed by atoms with Crippen molar-refractivity contribution in [3.8, 4) is 11.5 Å². The maximum Gasteiger partial charge on any atom is 0.251 e.